The van der Waals surface area contributed by atoms with Crippen LogP contribution in [0.25, 0.3) is 0 Å². The third-order valence-electron chi connectivity index (χ3n) is 4.04. The number of para-hydroxylation sites is 1. The van der Waals surface area contributed by atoms with Gasteiger partial charge in [0.05, 0.1) is 0 Å². The van der Waals surface area contributed by atoms with Gasteiger partial charge in [-0.3, -0.25) is 0 Å². The standard InChI is InChI=1S/C15H24N2/c1-4-13-9-10-17(11-13)15-8-6-5-7-14(15)12(2)16-3/h5-8,12-13,16H,4,9-11H2,1-3H3. The van der Waals surface area contributed by atoms with Crippen molar-refractivity contribution in [1.82, 2.24) is 5.32 Å². The number of rotatable bonds is 4. The average molecular weight is 232 g/mol. The second-order valence-electron chi connectivity index (χ2n) is 5.08. The third-order valence-corrected chi connectivity index (χ3v) is 4.04. The van der Waals surface area contributed by atoms with Crippen LogP contribution in [0.2, 0.25) is 0 Å². The van der Waals surface area contributed by atoms with Gasteiger partial charge in [0, 0.05) is 24.8 Å². The maximum atomic E-state index is 3.34. The van der Waals surface area contributed by atoms with E-state index < -0.39 is 0 Å². The summed E-state index contributed by atoms with van der Waals surface area (Å²) in [7, 11) is 2.03. The zero-order valence-electron chi connectivity index (χ0n) is 11.2. The highest BCUT2D eigenvalue weighted by Gasteiger charge is 2.23. The molecular weight excluding hydrogens is 208 g/mol. The Morgan fingerprint density at radius 3 is 2.82 bits per heavy atom. The van der Waals surface area contributed by atoms with Crippen LogP contribution in [0.5, 0.6) is 0 Å². The van der Waals surface area contributed by atoms with Crippen LogP contribution in [0.4, 0.5) is 5.69 Å². The molecular formula is C15H24N2. The van der Waals surface area contributed by atoms with Gasteiger partial charge in [-0.05, 0) is 37.9 Å². The molecule has 1 aliphatic heterocycles. The topological polar surface area (TPSA) is 15.3 Å². The molecule has 0 spiro atoms. The Morgan fingerprint density at radius 1 is 1.41 bits per heavy atom. The number of nitrogens with one attached hydrogen (secondary N) is 1. The lowest BCUT2D eigenvalue weighted by Gasteiger charge is -2.24. The monoisotopic (exact) mass is 232 g/mol. The smallest absolute Gasteiger partial charge is 0.0414 e. The van der Waals surface area contributed by atoms with E-state index in [2.05, 4.69) is 48.3 Å². The summed E-state index contributed by atoms with van der Waals surface area (Å²) in [6.07, 6.45) is 2.65. The summed E-state index contributed by atoms with van der Waals surface area (Å²) >= 11 is 0. The molecule has 0 amide bonds. The fourth-order valence-electron chi connectivity index (χ4n) is 2.68. The molecule has 2 nitrogen and oxygen atoms in total. The lowest BCUT2D eigenvalue weighted by atomic mass is 10.0. The van der Waals surface area contributed by atoms with Crippen LogP contribution < -0.4 is 10.2 Å². The Hall–Kier alpha value is -1.02. The minimum atomic E-state index is 0.423. The van der Waals surface area contributed by atoms with Gasteiger partial charge < -0.3 is 10.2 Å². The molecule has 1 heterocycles. The van der Waals surface area contributed by atoms with Gasteiger partial charge in [0.15, 0.2) is 0 Å². The maximum Gasteiger partial charge on any atom is 0.0414 e. The Balaban J connectivity index is 2.20. The fraction of sp³-hybridized carbons (Fsp3) is 0.600. The lowest BCUT2D eigenvalue weighted by molar-refractivity contribution is 0.568. The van der Waals surface area contributed by atoms with E-state index in [1.54, 1.807) is 0 Å². The van der Waals surface area contributed by atoms with E-state index in [1.165, 1.54) is 37.2 Å². The minimum Gasteiger partial charge on any atom is -0.371 e. The molecule has 1 fully saturated rings. The highest BCUT2D eigenvalue weighted by atomic mass is 15.2. The second-order valence-corrected chi connectivity index (χ2v) is 5.08. The van der Waals surface area contributed by atoms with E-state index in [4.69, 9.17) is 0 Å². The van der Waals surface area contributed by atoms with Crippen molar-refractivity contribution in [3.05, 3.63) is 29.8 Å². The van der Waals surface area contributed by atoms with Crippen LogP contribution >= 0.6 is 0 Å². The van der Waals surface area contributed by atoms with Gasteiger partial charge in [0.2, 0.25) is 0 Å². The normalized spacial score (nSPS) is 21.8. The second kappa shape index (κ2) is 5.54. The van der Waals surface area contributed by atoms with Gasteiger partial charge in [-0.1, -0.05) is 31.5 Å². The van der Waals surface area contributed by atoms with Crippen molar-refractivity contribution >= 4 is 5.69 Å². The molecule has 1 aromatic rings. The number of hydrogen-bond acceptors (Lipinski definition) is 2. The van der Waals surface area contributed by atoms with E-state index in [0.29, 0.717) is 6.04 Å². The van der Waals surface area contributed by atoms with Crippen molar-refractivity contribution in [2.45, 2.75) is 32.7 Å². The molecule has 0 radical (unpaired) electrons. The van der Waals surface area contributed by atoms with Crippen molar-refractivity contribution in [3.8, 4) is 0 Å². The number of nitrogens with zero attached hydrogens (tertiary/aromatic N) is 1. The van der Waals surface area contributed by atoms with Crippen LogP contribution in [-0.2, 0) is 0 Å². The zero-order chi connectivity index (χ0) is 12.3. The van der Waals surface area contributed by atoms with Crippen LogP contribution in [0.1, 0.15) is 38.3 Å². The summed E-state index contributed by atoms with van der Waals surface area (Å²) in [4.78, 5) is 2.55. The van der Waals surface area contributed by atoms with Crippen molar-refractivity contribution in [1.29, 1.82) is 0 Å². The van der Waals surface area contributed by atoms with Gasteiger partial charge in [-0.15, -0.1) is 0 Å². The molecule has 0 aliphatic carbocycles. The predicted octanol–water partition coefficient (Wildman–Crippen LogP) is 3.20. The molecule has 17 heavy (non-hydrogen) atoms. The lowest BCUT2D eigenvalue weighted by Crippen LogP contribution is -2.23. The van der Waals surface area contributed by atoms with E-state index in [1.807, 2.05) is 7.05 Å². The van der Waals surface area contributed by atoms with Crippen molar-refractivity contribution in [3.63, 3.8) is 0 Å². The molecule has 0 aromatic heterocycles. The highest BCUT2D eigenvalue weighted by molar-refractivity contribution is 5.55. The van der Waals surface area contributed by atoms with E-state index >= 15 is 0 Å². The molecule has 1 saturated heterocycles. The van der Waals surface area contributed by atoms with Crippen molar-refractivity contribution < 1.29 is 0 Å². The summed E-state index contributed by atoms with van der Waals surface area (Å²) in [6, 6.07) is 9.23. The Kier molecular flexibility index (Phi) is 4.06. The third kappa shape index (κ3) is 2.63. The van der Waals surface area contributed by atoms with Crippen LogP contribution in [0, 0.1) is 5.92 Å². The number of benzene rings is 1. The molecule has 2 unspecified atom stereocenters. The van der Waals surface area contributed by atoms with Crippen LogP contribution in [0.3, 0.4) is 0 Å². The molecule has 0 saturated carbocycles. The zero-order valence-corrected chi connectivity index (χ0v) is 11.2. The summed E-state index contributed by atoms with van der Waals surface area (Å²) in [5.41, 5.74) is 2.84. The Labute approximate surface area is 105 Å². The molecule has 2 atom stereocenters. The first-order valence-electron chi connectivity index (χ1n) is 6.77. The van der Waals surface area contributed by atoms with Gasteiger partial charge >= 0.3 is 0 Å². The summed E-state index contributed by atoms with van der Waals surface area (Å²) in [5, 5.41) is 3.34. The number of hydrogen-bond donors (Lipinski definition) is 1. The SMILES string of the molecule is CCC1CCN(c2ccccc2C(C)NC)C1. The largest absolute Gasteiger partial charge is 0.371 e. The first-order valence-corrected chi connectivity index (χ1v) is 6.77. The molecule has 1 aromatic carbocycles. The van der Waals surface area contributed by atoms with Gasteiger partial charge in [-0.25, -0.2) is 0 Å². The Morgan fingerprint density at radius 2 is 2.18 bits per heavy atom. The first-order chi connectivity index (χ1) is 8.26. The van der Waals surface area contributed by atoms with Crippen molar-refractivity contribution in [2.24, 2.45) is 5.92 Å². The number of anilines is 1. The van der Waals surface area contributed by atoms with Crippen molar-refractivity contribution in [2.75, 3.05) is 25.0 Å². The molecule has 2 heteroatoms. The van der Waals surface area contributed by atoms with E-state index in [9.17, 15) is 0 Å². The molecule has 1 aliphatic rings. The fourth-order valence-corrected chi connectivity index (χ4v) is 2.68. The van der Waals surface area contributed by atoms with E-state index in [-0.39, 0.29) is 0 Å². The summed E-state index contributed by atoms with van der Waals surface area (Å²) in [5.74, 6) is 0.882. The van der Waals surface area contributed by atoms with Gasteiger partial charge in [-0.2, -0.15) is 0 Å². The highest BCUT2D eigenvalue weighted by Crippen LogP contribution is 2.31. The van der Waals surface area contributed by atoms with Crippen LogP contribution in [0.15, 0.2) is 24.3 Å². The summed E-state index contributed by atoms with van der Waals surface area (Å²) < 4.78 is 0. The van der Waals surface area contributed by atoms with Gasteiger partial charge in [0.1, 0.15) is 0 Å². The first kappa shape index (κ1) is 12.4. The van der Waals surface area contributed by atoms with Crippen LogP contribution in [-0.4, -0.2) is 20.1 Å². The summed E-state index contributed by atoms with van der Waals surface area (Å²) in [6.45, 7) is 6.97. The van der Waals surface area contributed by atoms with Gasteiger partial charge in [0.25, 0.3) is 0 Å². The average Bonchev–Trinajstić information content (AvgIpc) is 2.86. The minimum absolute atomic E-state index is 0.423. The maximum absolute atomic E-state index is 3.34. The predicted molar refractivity (Wildman–Crippen MR) is 74.5 cm³/mol. The quantitative estimate of drug-likeness (QED) is 0.857. The molecule has 0 bridgehead atoms. The molecule has 94 valence electrons. The van der Waals surface area contributed by atoms with E-state index in [0.717, 1.165) is 5.92 Å². The molecule has 1 N–H and O–H groups in total. The Bertz CT molecular complexity index is 362. The molecule has 2 rings (SSSR count).